The number of carbonyl (C=O) groups excluding carboxylic acids is 1. The number of likely N-dealkylation sites (tertiary alicyclic amines) is 1. The number of rotatable bonds is 5. The summed E-state index contributed by atoms with van der Waals surface area (Å²) in [6, 6.07) is 10.3. The number of hydrogen-bond donors (Lipinski definition) is 1. The Bertz CT molecular complexity index is 990. The summed E-state index contributed by atoms with van der Waals surface area (Å²) in [6.45, 7) is 0.750. The van der Waals surface area contributed by atoms with E-state index in [9.17, 15) is 9.18 Å². The summed E-state index contributed by atoms with van der Waals surface area (Å²) in [7, 11) is 0. The third kappa shape index (κ3) is 4.62. The van der Waals surface area contributed by atoms with Gasteiger partial charge in [0.2, 0.25) is 11.9 Å². The molecular formula is C23H24FN5O. The van der Waals surface area contributed by atoms with Crippen LogP contribution in [0.15, 0.2) is 55.0 Å². The van der Waals surface area contributed by atoms with Gasteiger partial charge in [0.1, 0.15) is 5.82 Å². The van der Waals surface area contributed by atoms with E-state index in [0.717, 1.165) is 48.2 Å². The van der Waals surface area contributed by atoms with E-state index >= 15 is 0 Å². The van der Waals surface area contributed by atoms with E-state index < -0.39 is 0 Å². The van der Waals surface area contributed by atoms with Gasteiger partial charge >= 0.3 is 0 Å². The second-order valence-corrected chi connectivity index (χ2v) is 7.53. The number of aryl methyl sites for hydroxylation is 1. The summed E-state index contributed by atoms with van der Waals surface area (Å²) < 4.78 is 13.1. The molecule has 6 nitrogen and oxygen atoms in total. The molecule has 2 aromatic heterocycles. The van der Waals surface area contributed by atoms with Crippen LogP contribution >= 0.6 is 0 Å². The van der Waals surface area contributed by atoms with Crippen LogP contribution in [0.3, 0.4) is 0 Å². The fraction of sp³-hybridized carbons (Fsp3) is 0.304. The number of piperidine rings is 1. The van der Waals surface area contributed by atoms with Gasteiger partial charge in [0.05, 0.1) is 11.7 Å². The third-order valence-electron chi connectivity index (χ3n) is 5.50. The zero-order chi connectivity index (χ0) is 20.9. The summed E-state index contributed by atoms with van der Waals surface area (Å²) in [4.78, 5) is 27.5. The van der Waals surface area contributed by atoms with Gasteiger partial charge in [0.25, 0.3) is 0 Å². The number of amides is 1. The molecule has 0 aliphatic carbocycles. The molecule has 0 bridgehead atoms. The van der Waals surface area contributed by atoms with Crippen molar-refractivity contribution < 1.29 is 9.18 Å². The molecule has 1 saturated heterocycles. The highest BCUT2D eigenvalue weighted by atomic mass is 19.1. The van der Waals surface area contributed by atoms with Crippen molar-refractivity contribution in [3.8, 4) is 11.3 Å². The maximum absolute atomic E-state index is 13.1. The van der Waals surface area contributed by atoms with Crippen LogP contribution < -0.4 is 5.73 Å². The van der Waals surface area contributed by atoms with Gasteiger partial charge in [-0.25, -0.2) is 14.4 Å². The molecule has 1 unspecified atom stereocenters. The summed E-state index contributed by atoms with van der Waals surface area (Å²) in [5.74, 6) is 0.0926. The number of carbonyl (C=O) groups is 1. The lowest BCUT2D eigenvalue weighted by Crippen LogP contribution is -2.38. The molecule has 1 aliphatic heterocycles. The van der Waals surface area contributed by atoms with Crippen LogP contribution in [0.2, 0.25) is 0 Å². The number of nitrogens with zero attached hydrogens (tertiary/aromatic N) is 4. The van der Waals surface area contributed by atoms with Gasteiger partial charge in [0, 0.05) is 37.1 Å². The van der Waals surface area contributed by atoms with Gasteiger partial charge in [0.15, 0.2) is 0 Å². The van der Waals surface area contributed by atoms with Gasteiger partial charge in [-0.2, -0.15) is 0 Å². The maximum atomic E-state index is 13.1. The van der Waals surface area contributed by atoms with E-state index in [1.165, 1.54) is 12.1 Å². The van der Waals surface area contributed by atoms with E-state index in [-0.39, 0.29) is 23.7 Å². The number of halogens is 1. The lowest BCUT2D eigenvalue weighted by Gasteiger charge is -2.36. The zero-order valence-corrected chi connectivity index (χ0v) is 16.7. The van der Waals surface area contributed by atoms with E-state index in [4.69, 9.17) is 5.73 Å². The Kier molecular flexibility index (Phi) is 5.97. The topological polar surface area (TPSA) is 85.0 Å². The number of benzene rings is 1. The SMILES string of the molecule is Nc1ncc(-c2ccc(C3CCCCN3C(=O)CCc3ccc(F)cc3)cn2)cn1. The van der Waals surface area contributed by atoms with Crippen LogP contribution in [0.5, 0.6) is 0 Å². The molecule has 1 amide bonds. The van der Waals surface area contributed by atoms with Crippen LogP contribution in [0.25, 0.3) is 11.3 Å². The second-order valence-electron chi connectivity index (χ2n) is 7.53. The number of nitrogens with two attached hydrogens (primary N) is 1. The second kappa shape index (κ2) is 8.98. The molecule has 0 spiro atoms. The normalized spacial score (nSPS) is 16.4. The van der Waals surface area contributed by atoms with Crippen molar-refractivity contribution in [3.05, 3.63) is 71.9 Å². The summed E-state index contributed by atoms with van der Waals surface area (Å²) in [5.41, 5.74) is 9.11. The van der Waals surface area contributed by atoms with Crippen molar-refractivity contribution in [3.63, 3.8) is 0 Å². The maximum Gasteiger partial charge on any atom is 0.223 e. The fourth-order valence-corrected chi connectivity index (χ4v) is 3.87. The Balaban J connectivity index is 1.45. The average Bonchev–Trinajstić information content (AvgIpc) is 2.79. The van der Waals surface area contributed by atoms with E-state index in [0.29, 0.717) is 12.8 Å². The Morgan fingerprint density at radius 1 is 1.03 bits per heavy atom. The molecule has 3 aromatic rings. The minimum Gasteiger partial charge on any atom is -0.368 e. The molecule has 1 aliphatic rings. The first-order valence-corrected chi connectivity index (χ1v) is 10.2. The van der Waals surface area contributed by atoms with Gasteiger partial charge in [-0.1, -0.05) is 18.2 Å². The Morgan fingerprint density at radius 3 is 2.50 bits per heavy atom. The molecular weight excluding hydrogens is 381 g/mol. The van der Waals surface area contributed by atoms with Crippen LogP contribution in [-0.4, -0.2) is 32.3 Å². The molecule has 0 saturated carbocycles. The van der Waals surface area contributed by atoms with Gasteiger partial charge in [-0.15, -0.1) is 0 Å². The van der Waals surface area contributed by atoms with Crippen molar-refractivity contribution in [1.82, 2.24) is 19.9 Å². The van der Waals surface area contributed by atoms with Gasteiger partial charge in [-0.05, 0) is 55.0 Å². The fourth-order valence-electron chi connectivity index (χ4n) is 3.87. The third-order valence-corrected chi connectivity index (χ3v) is 5.50. The van der Waals surface area contributed by atoms with E-state index in [1.54, 1.807) is 24.5 Å². The van der Waals surface area contributed by atoms with E-state index in [2.05, 4.69) is 15.0 Å². The van der Waals surface area contributed by atoms with Crippen LogP contribution in [0.1, 0.15) is 42.9 Å². The van der Waals surface area contributed by atoms with E-state index in [1.807, 2.05) is 23.2 Å². The molecule has 154 valence electrons. The number of nitrogen functional groups attached to an aromatic ring is 1. The summed E-state index contributed by atoms with van der Waals surface area (Å²) in [5, 5.41) is 0. The molecule has 3 heterocycles. The Morgan fingerprint density at radius 2 is 1.80 bits per heavy atom. The van der Waals surface area contributed by atoms with Crippen molar-refractivity contribution in [2.45, 2.75) is 38.1 Å². The van der Waals surface area contributed by atoms with Crippen molar-refractivity contribution >= 4 is 11.9 Å². The molecule has 0 radical (unpaired) electrons. The zero-order valence-electron chi connectivity index (χ0n) is 16.7. The first kappa shape index (κ1) is 19.9. The number of anilines is 1. The quantitative estimate of drug-likeness (QED) is 0.695. The minimum atomic E-state index is -0.261. The molecule has 4 rings (SSSR count). The monoisotopic (exact) mass is 405 g/mol. The molecule has 1 aromatic carbocycles. The Hall–Kier alpha value is -3.35. The molecule has 1 fully saturated rings. The molecule has 1 atom stereocenters. The highest BCUT2D eigenvalue weighted by Gasteiger charge is 2.27. The predicted molar refractivity (Wildman–Crippen MR) is 113 cm³/mol. The van der Waals surface area contributed by atoms with Crippen molar-refractivity contribution in [2.24, 2.45) is 0 Å². The highest BCUT2D eigenvalue weighted by molar-refractivity contribution is 5.77. The number of pyridine rings is 1. The number of hydrogen-bond acceptors (Lipinski definition) is 5. The van der Waals surface area contributed by atoms with Crippen LogP contribution in [0, 0.1) is 5.82 Å². The predicted octanol–water partition coefficient (Wildman–Crippen LogP) is 3.95. The highest BCUT2D eigenvalue weighted by Crippen LogP contribution is 2.32. The van der Waals surface area contributed by atoms with Crippen molar-refractivity contribution in [1.29, 1.82) is 0 Å². The first-order valence-electron chi connectivity index (χ1n) is 10.2. The summed E-state index contributed by atoms with van der Waals surface area (Å²) in [6.07, 6.45) is 9.17. The minimum absolute atomic E-state index is 0.0312. The van der Waals surface area contributed by atoms with Crippen LogP contribution in [0.4, 0.5) is 10.3 Å². The Labute approximate surface area is 175 Å². The smallest absolute Gasteiger partial charge is 0.223 e. The van der Waals surface area contributed by atoms with Gasteiger partial charge < -0.3 is 10.6 Å². The lowest BCUT2D eigenvalue weighted by atomic mass is 9.95. The molecule has 7 heteroatoms. The molecule has 30 heavy (non-hydrogen) atoms. The standard InChI is InChI=1S/C23H24FN5O/c24-19-8-4-16(5-9-19)6-11-22(30)29-12-2-1-3-21(29)17-7-10-20(26-13-17)18-14-27-23(25)28-15-18/h4-5,7-10,13-15,21H,1-3,6,11-12H2,(H2,25,27,28). The van der Waals surface area contributed by atoms with Crippen molar-refractivity contribution in [2.75, 3.05) is 12.3 Å². The summed E-state index contributed by atoms with van der Waals surface area (Å²) >= 11 is 0. The lowest BCUT2D eigenvalue weighted by molar-refractivity contribution is -0.135. The first-order chi connectivity index (χ1) is 14.6. The molecule has 2 N–H and O–H groups in total. The number of aromatic nitrogens is 3. The largest absolute Gasteiger partial charge is 0.368 e. The van der Waals surface area contributed by atoms with Gasteiger partial charge in [-0.3, -0.25) is 9.78 Å². The average molecular weight is 405 g/mol. The van der Waals surface area contributed by atoms with Crippen LogP contribution in [-0.2, 0) is 11.2 Å².